The fourth-order valence-corrected chi connectivity index (χ4v) is 2.99. The fraction of sp³-hybridized carbons (Fsp3) is 0.533. The van der Waals surface area contributed by atoms with E-state index in [4.69, 9.17) is 0 Å². The third-order valence-electron chi connectivity index (χ3n) is 3.19. The van der Waals surface area contributed by atoms with Crippen LogP contribution >= 0.6 is 0 Å². The summed E-state index contributed by atoms with van der Waals surface area (Å²) in [6.07, 6.45) is 0. The van der Waals surface area contributed by atoms with Crippen molar-refractivity contribution >= 4 is 15.9 Å². The molecule has 1 rings (SSSR count). The maximum Gasteiger partial charge on any atom is 0.251 e. The summed E-state index contributed by atoms with van der Waals surface area (Å²) in [4.78, 5) is 12.1. The zero-order chi connectivity index (χ0) is 16.2. The van der Waals surface area contributed by atoms with Gasteiger partial charge in [0.25, 0.3) is 5.91 Å². The number of amides is 1. The molecule has 0 atom stereocenters. The van der Waals surface area contributed by atoms with E-state index >= 15 is 0 Å². The Labute approximate surface area is 127 Å². The van der Waals surface area contributed by atoms with E-state index in [1.807, 2.05) is 27.7 Å². The zero-order valence-corrected chi connectivity index (χ0v) is 14.1. The van der Waals surface area contributed by atoms with Crippen LogP contribution in [-0.4, -0.2) is 38.3 Å². The van der Waals surface area contributed by atoms with Crippen molar-refractivity contribution in [2.45, 2.75) is 38.6 Å². The van der Waals surface area contributed by atoms with Gasteiger partial charge >= 0.3 is 0 Å². The minimum atomic E-state index is -3.50. The van der Waals surface area contributed by atoms with E-state index < -0.39 is 10.0 Å². The first-order valence-corrected chi connectivity index (χ1v) is 8.46. The van der Waals surface area contributed by atoms with E-state index in [1.165, 1.54) is 28.6 Å². The van der Waals surface area contributed by atoms with Crippen molar-refractivity contribution in [3.05, 3.63) is 29.8 Å². The molecule has 1 aromatic rings. The normalized spacial score (nSPS) is 12.2. The second-order valence-corrected chi connectivity index (χ2v) is 7.74. The molecular formula is C15H24N2O3S. The average molecular weight is 312 g/mol. The molecule has 0 aromatic heterocycles. The number of rotatable bonds is 6. The lowest BCUT2D eigenvalue weighted by Crippen LogP contribution is -2.33. The molecule has 118 valence electrons. The molecule has 0 saturated heterocycles. The molecule has 0 spiro atoms. The van der Waals surface area contributed by atoms with E-state index in [-0.39, 0.29) is 16.8 Å². The summed E-state index contributed by atoms with van der Waals surface area (Å²) < 4.78 is 25.9. The summed E-state index contributed by atoms with van der Waals surface area (Å²) in [5, 5.41) is 2.80. The van der Waals surface area contributed by atoms with Crippen LogP contribution in [-0.2, 0) is 10.0 Å². The highest BCUT2D eigenvalue weighted by Crippen LogP contribution is 2.17. The highest BCUT2D eigenvalue weighted by molar-refractivity contribution is 7.89. The van der Waals surface area contributed by atoms with E-state index in [0.717, 1.165) is 0 Å². The maximum atomic E-state index is 12.3. The maximum absolute atomic E-state index is 12.3. The molecular weight excluding hydrogens is 288 g/mol. The lowest BCUT2D eigenvalue weighted by atomic mass is 10.2. The Balaban J connectivity index is 2.90. The van der Waals surface area contributed by atoms with Crippen molar-refractivity contribution in [3.8, 4) is 0 Å². The van der Waals surface area contributed by atoms with E-state index in [2.05, 4.69) is 5.32 Å². The third-order valence-corrected chi connectivity index (χ3v) is 5.24. The van der Waals surface area contributed by atoms with E-state index in [9.17, 15) is 13.2 Å². The van der Waals surface area contributed by atoms with Gasteiger partial charge in [0.1, 0.15) is 0 Å². The van der Waals surface area contributed by atoms with Crippen LogP contribution in [0.4, 0.5) is 0 Å². The Morgan fingerprint density at radius 1 is 1.14 bits per heavy atom. The van der Waals surface area contributed by atoms with Gasteiger partial charge in [-0.15, -0.1) is 0 Å². The van der Waals surface area contributed by atoms with Gasteiger partial charge in [0, 0.05) is 25.2 Å². The van der Waals surface area contributed by atoms with Crippen molar-refractivity contribution in [1.29, 1.82) is 0 Å². The summed E-state index contributed by atoms with van der Waals surface area (Å²) in [7, 11) is -1.96. The molecule has 0 heterocycles. The minimum Gasteiger partial charge on any atom is -0.352 e. The molecule has 0 bridgehead atoms. The standard InChI is InChI=1S/C15H24N2O3S/c1-11(2)10-16-15(18)13-6-8-14(9-7-13)21(19,20)17(5)12(3)4/h6-9,11-12H,10H2,1-5H3,(H,16,18). The second kappa shape index (κ2) is 7.04. The number of carbonyl (C=O) groups excluding carboxylic acids is 1. The molecule has 1 amide bonds. The summed E-state index contributed by atoms with van der Waals surface area (Å²) in [5.41, 5.74) is 0.460. The van der Waals surface area contributed by atoms with Crippen LogP contribution in [0, 0.1) is 5.92 Å². The Kier molecular flexibility index (Phi) is 5.92. The average Bonchev–Trinajstić information content (AvgIpc) is 2.43. The number of carbonyl (C=O) groups is 1. The smallest absolute Gasteiger partial charge is 0.251 e. The fourth-order valence-electron chi connectivity index (χ4n) is 1.62. The molecule has 0 radical (unpaired) electrons. The van der Waals surface area contributed by atoms with E-state index in [1.54, 1.807) is 7.05 Å². The Hall–Kier alpha value is -1.40. The predicted octanol–water partition coefficient (Wildman–Crippen LogP) is 2.10. The summed E-state index contributed by atoms with van der Waals surface area (Å²) >= 11 is 0. The molecule has 21 heavy (non-hydrogen) atoms. The quantitative estimate of drug-likeness (QED) is 0.875. The van der Waals surface area contributed by atoms with Gasteiger partial charge in [-0.1, -0.05) is 13.8 Å². The van der Waals surface area contributed by atoms with Crippen molar-refractivity contribution < 1.29 is 13.2 Å². The molecule has 0 aliphatic carbocycles. The first kappa shape index (κ1) is 17.7. The molecule has 5 nitrogen and oxygen atoms in total. The van der Waals surface area contributed by atoms with Crippen LogP contribution < -0.4 is 5.32 Å². The number of nitrogens with zero attached hydrogens (tertiary/aromatic N) is 1. The lowest BCUT2D eigenvalue weighted by Gasteiger charge is -2.21. The highest BCUT2D eigenvalue weighted by atomic mass is 32.2. The van der Waals surface area contributed by atoms with Crippen molar-refractivity contribution in [1.82, 2.24) is 9.62 Å². The van der Waals surface area contributed by atoms with E-state index in [0.29, 0.717) is 18.0 Å². The highest BCUT2D eigenvalue weighted by Gasteiger charge is 2.23. The topological polar surface area (TPSA) is 66.5 Å². The van der Waals surface area contributed by atoms with Gasteiger partial charge in [-0.05, 0) is 44.0 Å². The molecule has 0 fully saturated rings. The zero-order valence-electron chi connectivity index (χ0n) is 13.3. The number of benzene rings is 1. The van der Waals surface area contributed by atoms with Crippen LogP contribution in [0.2, 0.25) is 0 Å². The Bertz CT molecular complexity index is 577. The van der Waals surface area contributed by atoms with Crippen LogP contribution in [0.5, 0.6) is 0 Å². The lowest BCUT2D eigenvalue weighted by molar-refractivity contribution is 0.0949. The molecule has 0 unspecified atom stereocenters. The van der Waals surface area contributed by atoms with Crippen molar-refractivity contribution in [2.75, 3.05) is 13.6 Å². The van der Waals surface area contributed by atoms with Gasteiger partial charge in [-0.25, -0.2) is 8.42 Å². The summed E-state index contributed by atoms with van der Waals surface area (Å²) in [5.74, 6) is 0.179. The largest absolute Gasteiger partial charge is 0.352 e. The van der Waals surface area contributed by atoms with Crippen LogP contribution in [0.15, 0.2) is 29.2 Å². The van der Waals surface area contributed by atoms with Crippen molar-refractivity contribution in [2.24, 2.45) is 5.92 Å². The first-order chi connectivity index (χ1) is 9.66. The van der Waals surface area contributed by atoms with Gasteiger partial charge in [-0.2, -0.15) is 4.31 Å². The molecule has 6 heteroatoms. The van der Waals surface area contributed by atoms with Crippen LogP contribution in [0.25, 0.3) is 0 Å². The molecule has 1 aromatic carbocycles. The Morgan fingerprint density at radius 2 is 1.67 bits per heavy atom. The molecule has 0 aliphatic rings. The Morgan fingerprint density at radius 3 is 2.10 bits per heavy atom. The summed E-state index contributed by atoms with van der Waals surface area (Å²) in [6.45, 7) is 8.24. The predicted molar refractivity (Wildman–Crippen MR) is 83.7 cm³/mol. The van der Waals surface area contributed by atoms with Crippen molar-refractivity contribution in [3.63, 3.8) is 0 Å². The second-order valence-electron chi connectivity index (χ2n) is 5.74. The van der Waals surface area contributed by atoms with Crippen LogP contribution in [0.3, 0.4) is 0 Å². The molecule has 1 N–H and O–H groups in total. The van der Waals surface area contributed by atoms with Gasteiger partial charge in [0.15, 0.2) is 0 Å². The molecule has 0 aliphatic heterocycles. The summed E-state index contributed by atoms with van der Waals surface area (Å²) in [6, 6.07) is 5.90. The number of hydrogen-bond donors (Lipinski definition) is 1. The third kappa shape index (κ3) is 4.54. The first-order valence-electron chi connectivity index (χ1n) is 7.02. The van der Waals surface area contributed by atoms with Gasteiger partial charge in [0.2, 0.25) is 10.0 Å². The SMILES string of the molecule is CC(C)CNC(=O)c1ccc(S(=O)(=O)N(C)C(C)C)cc1. The van der Waals surface area contributed by atoms with Gasteiger partial charge in [0.05, 0.1) is 4.90 Å². The molecule has 0 saturated carbocycles. The van der Waals surface area contributed by atoms with Gasteiger partial charge in [-0.3, -0.25) is 4.79 Å². The van der Waals surface area contributed by atoms with Crippen LogP contribution in [0.1, 0.15) is 38.1 Å². The van der Waals surface area contributed by atoms with Gasteiger partial charge < -0.3 is 5.32 Å². The number of hydrogen-bond acceptors (Lipinski definition) is 3. The number of nitrogens with one attached hydrogen (secondary N) is 1. The minimum absolute atomic E-state index is 0.121. The monoisotopic (exact) mass is 312 g/mol. The number of sulfonamides is 1.